The van der Waals surface area contributed by atoms with E-state index in [1.54, 1.807) is 49.6 Å². The molecule has 0 aliphatic carbocycles. The van der Waals surface area contributed by atoms with Crippen molar-refractivity contribution in [3.63, 3.8) is 0 Å². The van der Waals surface area contributed by atoms with E-state index in [-0.39, 0.29) is 0 Å². The highest BCUT2D eigenvalue weighted by molar-refractivity contribution is 6.30. The van der Waals surface area contributed by atoms with E-state index in [2.05, 4.69) is 10.2 Å². The van der Waals surface area contributed by atoms with Gasteiger partial charge in [0.05, 0.1) is 0 Å². The summed E-state index contributed by atoms with van der Waals surface area (Å²) in [7, 11) is 0. The van der Waals surface area contributed by atoms with Crippen molar-refractivity contribution in [1.29, 1.82) is 0 Å². The van der Waals surface area contributed by atoms with E-state index in [1.807, 2.05) is 0 Å². The maximum absolute atomic E-state index is 11.4. The number of carbonyl (C=O) groups is 1. The number of aryl methyl sites for hydroxylation is 1. The fourth-order valence-corrected chi connectivity index (χ4v) is 2.04. The highest BCUT2D eigenvalue weighted by Crippen LogP contribution is 2.27. The smallest absolute Gasteiger partial charge is 0.329 e. The monoisotopic (exact) mass is 279 g/mol. The van der Waals surface area contributed by atoms with Gasteiger partial charge >= 0.3 is 5.97 Å². The molecule has 0 saturated carbocycles. The number of halogens is 1. The Morgan fingerprint density at radius 2 is 1.84 bits per heavy atom. The molecule has 0 radical (unpaired) electrons. The van der Waals surface area contributed by atoms with Crippen molar-refractivity contribution in [3.05, 3.63) is 35.1 Å². The first-order chi connectivity index (χ1) is 8.84. The maximum atomic E-state index is 11.4. The maximum Gasteiger partial charge on any atom is 0.329 e. The number of hydrogen-bond donors (Lipinski definition) is 1. The number of aliphatic carboxylic acids is 1. The molecule has 0 atom stereocenters. The first kappa shape index (κ1) is 13.5. The Balaban J connectivity index is 2.61. The molecule has 0 bridgehead atoms. The van der Waals surface area contributed by atoms with Gasteiger partial charge in [0, 0.05) is 10.6 Å². The van der Waals surface area contributed by atoms with Gasteiger partial charge in [-0.25, -0.2) is 4.79 Å². The second-order valence-corrected chi connectivity index (χ2v) is 5.21. The van der Waals surface area contributed by atoms with Crippen LogP contribution in [0.5, 0.6) is 0 Å². The van der Waals surface area contributed by atoms with Crippen molar-refractivity contribution in [2.75, 3.05) is 0 Å². The number of carboxylic acid groups (broad SMARTS) is 1. The molecule has 1 N–H and O–H groups in total. The van der Waals surface area contributed by atoms with E-state index in [9.17, 15) is 9.90 Å². The molecule has 0 aliphatic heterocycles. The molecule has 2 aromatic rings. The minimum Gasteiger partial charge on any atom is -0.480 e. The fourth-order valence-electron chi connectivity index (χ4n) is 1.91. The van der Waals surface area contributed by atoms with Crippen LogP contribution >= 0.6 is 11.6 Å². The molecule has 1 aromatic heterocycles. The lowest BCUT2D eigenvalue weighted by atomic mass is 10.0. The lowest BCUT2D eigenvalue weighted by Crippen LogP contribution is -2.36. The van der Waals surface area contributed by atoms with E-state index in [0.29, 0.717) is 16.7 Å². The van der Waals surface area contributed by atoms with Gasteiger partial charge < -0.3 is 5.11 Å². The summed E-state index contributed by atoms with van der Waals surface area (Å²) in [4.78, 5) is 11.4. The van der Waals surface area contributed by atoms with Gasteiger partial charge in [0.25, 0.3) is 0 Å². The molecule has 0 amide bonds. The van der Waals surface area contributed by atoms with Crippen LogP contribution in [0.25, 0.3) is 11.4 Å². The van der Waals surface area contributed by atoms with E-state index >= 15 is 0 Å². The highest BCUT2D eigenvalue weighted by Gasteiger charge is 2.33. The molecule has 0 saturated heterocycles. The average Bonchev–Trinajstić information content (AvgIpc) is 2.72. The van der Waals surface area contributed by atoms with E-state index in [4.69, 9.17) is 11.6 Å². The summed E-state index contributed by atoms with van der Waals surface area (Å²) in [5.41, 5.74) is -0.345. The second-order valence-electron chi connectivity index (χ2n) is 4.78. The number of rotatable bonds is 3. The Labute approximate surface area is 115 Å². The summed E-state index contributed by atoms with van der Waals surface area (Å²) in [5, 5.41) is 18.0. The Kier molecular flexibility index (Phi) is 3.32. The van der Waals surface area contributed by atoms with Gasteiger partial charge in [-0.3, -0.25) is 4.57 Å². The molecule has 0 aliphatic rings. The van der Waals surface area contributed by atoms with E-state index < -0.39 is 11.5 Å². The molecule has 5 nitrogen and oxygen atoms in total. The minimum absolute atomic E-state index is 0.515. The van der Waals surface area contributed by atoms with Crippen LogP contribution in [0.3, 0.4) is 0 Å². The zero-order chi connectivity index (χ0) is 14.2. The van der Waals surface area contributed by atoms with Crippen LogP contribution in [0.2, 0.25) is 5.02 Å². The third kappa shape index (κ3) is 2.33. The lowest BCUT2D eigenvalue weighted by Gasteiger charge is -2.24. The van der Waals surface area contributed by atoms with Crippen LogP contribution in [0.1, 0.15) is 19.7 Å². The standard InChI is InChI=1S/C13H14ClN3O2/c1-8-15-16-11(9-4-6-10(14)7-5-9)17(8)13(2,3)12(18)19/h4-7H,1-3H3,(H,18,19). The van der Waals surface area contributed by atoms with Crippen LogP contribution in [-0.4, -0.2) is 25.8 Å². The summed E-state index contributed by atoms with van der Waals surface area (Å²) >= 11 is 5.85. The van der Waals surface area contributed by atoms with Gasteiger partial charge in [0.2, 0.25) is 0 Å². The predicted octanol–water partition coefficient (Wildman–Crippen LogP) is 2.73. The van der Waals surface area contributed by atoms with Crippen molar-refractivity contribution in [2.45, 2.75) is 26.3 Å². The summed E-state index contributed by atoms with van der Waals surface area (Å²) in [6.45, 7) is 4.97. The Morgan fingerprint density at radius 1 is 1.26 bits per heavy atom. The van der Waals surface area contributed by atoms with Gasteiger partial charge in [-0.15, -0.1) is 10.2 Å². The van der Waals surface area contributed by atoms with Crippen molar-refractivity contribution >= 4 is 17.6 Å². The molecule has 100 valence electrons. The zero-order valence-corrected chi connectivity index (χ0v) is 11.6. The van der Waals surface area contributed by atoms with Crippen molar-refractivity contribution in [2.24, 2.45) is 0 Å². The van der Waals surface area contributed by atoms with Gasteiger partial charge in [-0.2, -0.15) is 0 Å². The molecule has 19 heavy (non-hydrogen) atoms. The largest absolute Gasteiger partial charge is 0.480 e. The normalized spacial score (nSPS) is 11.6. The number of benzene rings is 1. The fraction of sp³-hybridized carbons (Fsp3) is 0.308. The van der Waals surface area contributed by atoms with Crippen molar-refractivity contribution in [1.82, 2.24) is 14.8 Å². The van der Waals surface area contributed by atoms with Crippen LogP contribution in [0, 0.1) is 6.92 Å². The molecule has 1 heterocycles. The third-order valence-electron chi connectivity index (χ3n) is 3.01. The summed E-state index contributed by atoms with van der Waals surface area (Å²) in [6.07, 6.45) is 0. The van der Waals surface area contributed by atoms with Gasteiger partial charge in [-0.1, -0.05) is 11.6 Å². The Morgan fingerprint density at radius 3 is 2.37 bits per heavy atom. The number of carboxylic acids is 1. The Bertz CT molecular complexity index is 617. The molecular weight excluding hydrogens is 266 g/mol. The van der Waals surface area contributed by atoms with Crippen LogP contribution in [-0.2, 0) is 10.3 Å². The lowest BCUT2D eigenvalue weighted by molar-refractivity contribution is -0.145. The van der Waals surface area contributed by atoms with E-state index in [1.165, 1.54) is 0 Å². The average molecular weight is 280 g/mol. The quantitative estimate of drug-likeness (QED) is 0.938. The van der Waals surface area contributed by atoms with E-state index in [0.717, 1.165) is 5.56 Å². The first-order valence-electron chi connectivity index (χ1n) is 5.76. The zero-order valence-electron chi connectivity index (χ0n) is 10.9. The van der Waals surface area contributed by atoms with Crippen molar-refractivity contribution in [3.8, 4) is 11.4 Å². The number of nitrogens with zero attached hydrogens (tertiary/aromatic N) is 3. The predicted molar refractivity (Wildman–Crippen MR) is 72.2 cm³/mol. The Hall–Kier alpha value is -1.88. The first-order valence-corrected chi connectivity index (χ1v) is 6.13. The SMILES string of the molecule is Cc1nnc(-c2ccc(Cl)cc2)n1C(C)(C)C(=O)O. The molecule has 2 rings (SSSR count). The third-order valence-corrected chi connectivity index (χ3v) is 3.26. The molecular formula is C13H14ClN3O2. The second kappa shape index (κ2) is 4.66. The summed E-state index contributed by atoms with van der Waals surface area (Å²) < 4.78 is 1.61. The van der Waals surface area contributed by atoms with Crippen LogP contribution in [0.15, 0.2) is 24.3 Å². The molecule has 0 fully saturated rings. The van der Waals surface area contributed by atoms with Gasteiger partial charge in [0.1, 0.15) is 11.4 Å². The van der Waals surface area contributed by atoms with Crippen LogP contribution in [0.4, 0.5) is 0 Å². The minimum atomic E-state index is -1.12. The highest BCUT2D eigenvalue weighted by atomic mass is 35.5. The number of aromatic nitrogens is 3. The van der Waals surface area contributed by atoms with Crippen molar-refractivity contribution < 1.29 is 9.90 Å². The molecule has 0 unspecified atom stereocenters. The summed E-state index contributed by atoms with van der Waals surface area (Å²) in [5.74, 6) is 0.129. The number of hydrogen-bond acceptors (Lipinski definition) is 3. The topological polar surface area (TPSA) is 68.0 Å². The molecule has 1 aromatic carbocycles. The van der Waals surface area contributed by atoms with Gasteiger partial charge in [-0.05, 0) is 45.0 Å². The summed E-state index contributed by atoms with van der Waals surface area (Å²) in [6, 6.07) is 7.05. The van der Waals surface area contributed by atoms with Crippen LogP contribution < -0.4 is 0 Å². The molecule has 6 heteroatoms. The van der Waals surface area contributed by atoms with Gasteiger partial charge in [0.15, 0.2) is 5.82 Å². The molecule has 0 spiro atoms.